The van der Waals surface area contributed by atoms with Crippen LogP contribution in [0.2, 0.25) is 5.02 Å². The minimum absolute atomic E-state index is 0.0457. The SMILES string of the molecule is Cc1c(Cl)cccc1-c1cc(S(=O)(=O)Nc2ccc(C#N)cc2F)c[nH]1. The van der Waals surface area contributed by atoms with Crippen molar-refractivity contribution in [1.82, 2.24) is 4.98 Å². The molecule has 2 aromatic carbocycles. The molecule has 0 aliphatic heterocycles. The smallest absolute Gasteiger partial charge is 0.263 e. The highest BCUT2D eigenvalue weighted by molar-refractivity contribution is 7.92. The first-order chi connectivity index (χ1) is 12.3. The number of benzene rings is 2. The summed E-state index contributed by atoms with van der Waals surface area (Å²) in [6.45, 7) is 1.83. The molecule has 0 bridgehead atoms. The Bertz CT molecular complexity index is 1130. The van der Waals surface area contributed by atoms with Gasteiger partial charge in [-0.3, -0.25) is 4.72 Å². The van der Waals surface area contributed by atoms with E-state index < -0.39 is 15.8 Å². The quantitative estimate of drug-likeness (QED) is 0.690. The molecule has 5 nitrogen and oxygen atoms in total. The molecule has 26 heavy (non-hydrogen) atoms. The fourth-order valence-corrected chi connectivity index (χ4v) is 3.69. The van der Waals surface area contributed by atoms with Gasteiger partial charge in [-0.1, -0.05) is 23.7 Å². The third-order valence-corrected chi connectivity index (χ3v) is 5.62. The number of hydrogen-bond acceptors (Lipinski definition) is 3. The van der Waals surface area contributed by atoms with Gasteiger partial charge in [-0.05, 0) is 42.8 Å². The maximum Gasteiger partial charge on any atom is 0.263 e. The highest BCUT2D eigenvalue weighted by Gasteiger charge is 2.19. The van der Waals surface area contributed by atoms with Crippen LogP contribution >= 0.6 is 11.6 Å². The van der Waals surface area contributed by atoms with E-state index in [1.807, 2.05) is 13.0 Å². The molecule has 0 unspecified atom stereocenters. The van der Waals surface area contributed by atoms with Crippen molar-refractivity contribution < 1.29 is 12.8 Å². The van der Waals surface area contributed by atoms with Crippen molar-refractivity contribution in [3.8, 4) is 17.3 Å². The Labute approximate surface area is 155 Å². The molecule has 0 fully saturated rings. The summed E-state index contributed by atoms with van der Waals surface area (Å²) in [5.41, 5.74) is 2.02. The number of aromatic amines is 1. The van der Waals surface area contributed by atoms with Gasteiger partial charge in [-0.25, -0.2) is 12.8 Å². The Kier molecular flexibility index (Phi) is 4.72. The number of H-pyrrole nitrogens is 1. The lowest BCUT2D eigenvalue weighted by molar-refractivity contribution is 0.598. The third-order valence-electron chi connectivity index (χ3n) is 3.87. The number of halogens is 2. The second-order valence-corrected chi connectivity index (χ2v) is 7.66. The number of nitrogens with one attached hydrogen (secondary N) is 2. The molecule has 0 amide bonds. The molecule has 3 rings (SSSR count). The molecule has 1 heterocycles. The zero-order chi connectivity index (χ0) is 18.9. The summed E-state index contributed by atoms with van der Waals surface area (Å²) in [7, 11) is -4.00. The highest BCUT2D eigenvalue weighted by atomic mass is 35.5. The van der Waals surface area contributed by atoms with Crippen LogP contribution in [0.25, 0.3) is 11.3 Å². The summed E-state index contributed by atoms with van der Waals surface area (Å²) < 4.78 is 41.2. The largest absolute Gasteiger partial charge is 0.360 e. The number of aromatic nitrogens is 1. The van der Waals surface area contributed by atoms with E-state index in [1.54, 1.807) is 18.2 Å². The molecule has 0 saturated heterocycles. The van der Waals surface area contributed by atoms with Gasteiger partial charge in [0.1, 0.15) is 10.7 Å². The van der Waals surface area contributed by atoms with E-state index in [1.165, 1.54) is 24.4 Å². The van der Waals surface area contributed by atoms with Crippen LogP contribution in [0.1, 0.15) is 11.1 Å². The van der Waals surface area contributed by atoms with Gasteiger partial charge in [0.15, 0.2) is 0 Å². The molecule has 1 aromatic heterocycles. The first-order valence-electron chi connectivity index (χ1n) is 7.48. The lowest BCUT2D eigenvalue weighted by Crippen LogP contribution is -2.13. The zero-order valence-electron chi connectivity index (χ0n) is 13.5. The van der Waals surface area contributed by atoms with Crippen LogP contribution in [0.5, 0.6) is 0 Å². The molecular weight excluding hydrogens is 377 g/mol. The Morgan fingerprint density at radius 3 is 2.69 bits per heavy atom. The van der Waals surface area contributed by atoms with E-state index >= 15 is 0 Å². The second-order valence-electron chi connectivity index (χ2n) is 5.57. The average Bonchev–Trinajstić information content (AvgIpc) is 3.10. The van der Waals surface area contributed by atoms with Crippen molar-refractivity contribution in [2.45, 2.75) is 11.8 Å². The minimum atomic E-state index is -4.00. The van der Waals surface area contributed by atoms with Crippen LogP contribution in [-0.2, 0) is 10.0 Å². The molecule has 8 heteroatoms. The normalized spacial score (nSPS) is 11.2. The molecule has 0 saturated carbocycles. The van der Waals surface area contributed by atoms with Crippen LogP contribution in [0.15, 0.2) is 53.6 Å². The lowest BCUT2D eigenvalue weighted by Gasteiger charge is -2.07. The number of rotatable bonds is 4. The van der Waals surface area contributed by atoms with Crippen molar-refractivity contribution in [3.63, 3.8) is 0 Å². The minimum Gasteiger partial charge on any atom is -0.360 e. The molecule has 0 aliphatic rings. The second kappa shape index (κ2) is 6.83. The molecule has 132 valence electrons. The fourth-order valence-electron chi connectivity index (χ4n) is 2.46. The van der Waals surface area contributed by atoms with E-state index in [2.05, 4.69) is 9.71 Å². The van der Waals surface area contributed by atoms with Gasteiger partial charge in [-0.15, -0.1) is 0 Å². The van der Waals surface area contributed by atoms with Gasteiger partial charge in [-0.2, -0.15) is 5.26 Å². The lowest BCUT2D eigenvalue weighted by atomic mass is 10.1. The number of anilines is 1. The molecule has 0 spiro atoms. The van der Waals surface area contributed by atoms with E-state index in [0.717, 1.165) is 17.2 Å². The van der Waals surface area contributed by atoms with Gasteiger partial charge >= 0.3 is 0 Å². The van der Waals surface area contributed by atoms with Crippen molar-refractivity contribution >= 4 is 27.3 Å². The van der Waals surface area contributed by atoms with Crippen LogP contribution in [0.4, 0.5) is 10.1 Å². The van der Waals surface area contributed by atoms with Crippen LogP contribution < -0.4 is 4.72 Å². The summed E-state index contributed by atoms with van der Waals surface area (Å²) in [6, 6.07) is 12.1. The molecule has 0 aliphatic carbocycles. The van der Waals surface area contributed by atoms with Crippen molar-refractivity contribution in [2.75, 3.05) is 4.72 Å². The number of nitriles is 1. The topological polar surface area (TPSA) is 85.8 Å². The summed E-state index contributed by atoms with van der Waals surface area (Å²) in [5, 5.41) is 9.32. The monoisotopic (exact) mass is 389 g/mol. The average molecular weight is 390 g/mol. The van der Waals surface area contributed by atoms with Crippen molar-refractivity contribution in [2.24, 2.45) is 0 Å². The van der Waals surface area contributed by atoms with E-state index in [9.17, 15) is 12.8 Å². The maximum absolute atomic E-state index is 14.0. The summed E-state index contributed by atoms with van der Waals surface area (Å²) in [6.07, 6.45) is 1.32. The molecule has 2 N–H and O–H groups in total. The molecular formula is C18H13ClFN3O2S. The summed E-state index contributed by atoms with van der Waals surface area (Å²) >= 11 is 6.10. The van der Waals surface area contributed by atoms with Crippen LogP contribution in [0, 0.1) is 24.1 Å². The summed E-state index contributed by atoms with van der Waals surface area (Å²) in [4.78, 5) is 2.85. The number of hydrogen-bond donors (Lipinski definition) is 2. The first-order valence-corrected chi connectivity index (χ1v) is 9.34. The van der Waals surface area contributed by atoms with Crippen LogP contribution in [0.3, 0.4) is 0 Å². The van der Waals surface area contributed by atoms with Crippen LogP contribution in [-0.4, -0.2) is 13.4 Å². The zero-order valence-corrected chi connectivity index (χ0v) is 15.1. The first kappa shape index (κ1) is 18.0. The van der Waals surface area contributed by atoms with Gasteiger partial charge < -0.3 is 4.98 Å². The van der Waals surface area contributed by atoms with Gasteiger partial charge in [0.05, 0.1) is 17.3 Å². The number of sulfonamides is 1. The predicted octanol–water partition coefficient (Wildman–Crippen LogP) is 4.46. The van der Waals surface area contributed by atoms with Gasteiger partial charge in [0, 0.05) is 22.5 Å². The standard InChI is InChI=1S/C18H13ClFN3O2S/c1-11-14(3-2-4-15(11)19)18-8-13(10-22-18)26(24,25)23-17-6-5-12(9-21)7-16(17)20/h2-8,10,22-23H,1H3. The Morgan fingerprint density at radius 2 is 2.00 bits per heavy atom. The maximum atomic E-state index is 14.0. The van der Waals surface area contributed by atoms with Gasteiger partial charge in [0.25, 0.3) is 10.0 Å². The van der Waals surface area contributed by atoms with E-state index in [4.69, 9.17) is 16.9 Å². The molecule has 3 aromatic rings. The Balaban J connectivity index is 1.93. The molecule has 0 atom stereocenters. The van der Waals surface area contributed by atoms with Gasteiger partial charge in [0.2, 0.25) is 0 Å². The van der Waals surface area contributed by atoms with E-state index in [-0.39, 0.29) is 16.1 Å². The third kappa shape index (κ3) is 3.43. The molecule has 0 radical (unpaired) electrons. The van der Waals surface area contributed by atoms with Crippen molar-refractivity contribution in [1.29, 1.82) is 5.26 Å². The highest BCUT2D eigenvalue weighted by Crippen LogP contribution is 2.29. The fraction of sp³-hybridized carbons (Fsp3) is 0.0556. The van der Waals surface area contributed by atoms with E-state index in [0.29, 0.717) is 10.7 Å². The predicted molar refractivity (Wildman–Crippen MR) is 97.9 cm³/mol. The Hall–Kier alpha value is -2.82. The Morgan fingerprint density at radius 1 is 1.23 bits per heavy atom. The number of nitrogens with zero attached hydrogens (tertiary/aromatic N) is 1. The summed E-state index contributed by atoms with van der Waals surface area (Å²) in [5.74, 6) is -0.825. The van der Waals surface area contributed by atoms with Crippen molar-refractivity contribution in [3.05, 3.63) is 70.6 Å².